The van der Waals surface area contributed by atoms with Crippen LogP contribution >= 0.6 is 0 Å². The molecule has 148 valence electrons. The predicted octanol–water partition coefficient (Wildman–Crippen LogP) is 6.74. The molecule has 0 amide bonds. The van der Waals surface area contributed by atoms with Gasteiger partial charge in [-0.05, 0) is 0 Å². The van der Waals surface area contributed by atoms with Gasteiger partial charge in [0.15, 0.2) is 0 Å². The molecule has 0 aliphatic carbocycles. The van der Waals surface area contributed by atoms with E-state index >= 15 is 0 Å². The third kappa shape index (κ3) is 3.71. The number of aryl methyl sites for hydroxylation is 2. The summed E-state index contributed by atoms with van der Waals surface area (Å²) >= 11 is -2.09. The van der Waals surface area contributed by atoms with Gasteiger partial charge in [0.2, 0.25) is 0 Å². The maximum absolute atomic E-state index is 5.13. The molecule has 3 aromatic carbocycles. The van der Waals surface area contributed by atoms with Crippen LogP contribution in [0.3, 0.4) is 0 Å². The Balaban J connectivity index is 2.19. The monoisotopic (exact) mass is 444 g/mol. The van der Waals surface area contributed by atoms with Gasteiger partial charge in [0.25, 0.3) is 0 Å². The molecular formula is C26H30GeN2. The number of rotatable bonds is 3. The van der Waals surface area contributed by atoms with Gasteiger partial charge in [-0.25, -0.2) is 0 Å². The molecule has 1 heterocycles. The van der Waals surface area contributed by atoms with E-state index in [1.54, 1.807) is 0 Å². The fourth-order valence-corrected chi connectivity index (χ4v) is 7.57. The van der Waals surface area contributed by atoms with Crippen LogP contribution < -0.4 is 4.40 Å². The minimum atomic E-state index is -2.09. The van der Waals surface area contributed by atoms with Crippen LogP contribution in [0.25, 0.3) is 32.9 Å². The number of nitrogens with zero attached hydrogens (tertiary/aromatic N) is 2. The van der Waals surface area contributed by atoms with Crippen molar-refractivity contribution in [2.24, 2.45) is 0 Å². The summed E-state index contributed by atoms with van der Waals surface area (Å²) in [6, 6.07) is 17.9. The average molecular weight is 443 g/mol. The second kappa shape index (κ2) is 7.25. The van der Waals surface area contributed by atoms with Crippen LogP contribution in [0.1, 0.15) is 36.7 Å². The second-order valence-electron chi connectivity index (χ2n) is 9.58. The van der Waals surface area contributed by atoms with Gasteiger partial charge in [-0.1, -0.05) is 0 Å². The van der Waals surface area contributed by atoms with Gasteiger partial charge in [-0.3, -0.25) is 0 Å². The first kappa shape index (κ1) is 20.1. The van der Waals surface area contributed by atoms with Crippen LogP contribution in [0.5, 0.6) is 0 Å². The fourth-order valence-electron chi connectivity index (χ4n) is 4.20. The second-order valence-corrected chi connectivity index (χ2v) is 20.1. The molecular weight excluding hydrogens is 413 g/mol. The summed E-state index contributed by atoms with van der Waals surface area (Å²) in [5.41, 5.74) is 5.90. The molecule has 0 aliphatic heterocycles. The first-order valence-electron chi connectivity index (χ1n) is 10.5. The SMILES string of the molecule is Cc1cc(C)cc(-c2nc(C(C)C)nc3c2ccc2ccc[c]([Ge]([CH3])([CH3])[CH3])c23)c1. The van der Waals surface area contributed by atoms with E-state index in [1.807, 2.05) is 0 Å². The van der Waals surface area contributed by atoms with Crippen molar-refractivity contribution in [3.05, 3.63) is 65.5 Å². The first-order valence-corrected chi connectivity index (χ1v) is 17.8. The van der Waals surface area contributed by atoms with Crippen molar-refractivity contribution in [2.75, 3.05) is 0 Å². The average Bonchev–Trinajstić information content (AvgIpc) is 2.64. The predicted molar refractivity (Wildman–Crippen MR) is 129 cm³/mol. The van der Waals surface area contributed by atoms with Crippen molar-refractivity contribution in [3.8, 4) is 11.3 Å². The molecule has 29 heavy (non-hydrogen) atoms. The zero-order valence-electron chi connectivity index (χ0n) is 18.6. The number of aromatic nitrogens is 2. The van der Waals surface area contributed by atoms with E-state index in [4.69, 9.17) is 9.97 Å². The minimum absolute atomic E-state index is 0.280. The number of benzene rings is 3. The van der Waals surface area contributed by atoms with Gasteiger partial charge in [0.1, 0.15) is 0 Å². The Hall–Kier alpha value is -2.20. The zero-order valence-corrected chi connectivity index (χ0v) is 20.7. The topological polar surface area (TPSA) is 25.8 Å². The van der Waals surface area contributed by atoms with Crippen molar-refractivity contribution < 1.29 is 0 Å². The van der Waals surface area contributed by atoms with Gasteiger partial charge >= 0.3 is 177 Å². The molecule has 0 radical (unpaired) electrons. The van der Waals surface area contributed by atoms with Crippen LogP contribution in [0.2, 0.25) is 17.3 Å². The van der Waals surface area contributed by atoms with Crippen molar-refractivity contribution in [3.63, 3.8) is 0 Å². The van der Waals surface area contributed by atoms with Crippen molar-refractivity contribution >= 4 is 39.3 Å². The van der Waals surface area contributed by atoms with Gasteiger partial charge < -0.3 is 0 Å². The third-order valence-electron chi connectivity index (χ3n) is 5.55. The summed E-state index contributed by atoms with van der Waals surface area (Å²) in [6.45, 7) is 8.67. The molecule has 0 spiro atoms. The van der Waals surface area contributed by atoms with E-state index in [0.29, 0.717) is 0 Å². The standard InChI is InChI=1S/C26H30GeN2/c1-16(2)26-28-24(20-14-17(3)13-18(4)15-20)21-12-11-19-9-8-10-22(27(5,6)7)23(19)25(21)29-26/h8-16H,1-7H3. The van der Waals surface area contributed by atoms with Gasteiger partial charge in [-0.2, -0.15) is 0 Å². The van der Waals surface area contributed by atoms with Crippen molar-refractivity contribution in [1.29, 1.82) is 0 Å². The number of fused-ring (bicyclic) bond motifs is 3. The molecule has 2 nitrogen and oxygen atoms in total. The van der Waals surface area contributed by atoms with E-state index in [9.17, 15) is 0 Å². The van der Waals surface area contributed by atoms with Gasteiger partial charge in [-0.15, -0.1) is 0 Å². The van der Waals surface area contributed by atoms with Crippen LogP contribution in [-0.4, -0.2) is 23.2 Å². The molecule has 0 bridgehead atoms. The Morgan fingerprint density at radius 3 is 2.14 bits per heavy atom. The molecule has 0 saturated heterocycles. The summed E-state index contributed by atoms with van der Waals surface area (Å²) in [5, 5.41) is 3.79. The van der Waals surface area contributed by atoms with E-state index in [2.05, 4.69) is 93.5 Å². The van der Waals surface area contributed by atoms with Gasteiger partial charge in [0.05, 0.1) is 0 Å². The van der Waals surface area contributed by atoms with Gasteiger partial charge in [0, 0.05) is 0 Å². The van der Waals surface area contributed by atoms with Crippen LogP contribution in [0.4, 0.5) is 0 Å². The molecule has 3 heteroatoms. The normalized spacial score (nSPS) is 12.3. The zero-order chi connectivity index (χ0) is 20.9. The van der Waals surface area contributed by atoms with E-state index in [1.165, 1.54) is 31.9 Å². The Kier molecular flexibility index (Phi) is 5.02. The van der Waals surface area contributed by atoms with Crippen LogP contribution in [0, 0.1) is 13.8 Å². The Morgan fingerprint density at radius 2 is 1.52 bits per heavy atom. The summed E-state index contributed by atoms with van der Waals surface area (Å²) in [5.74, 6) is 8.59. The van der Waals surface area contributed by atoms with Crippen molar-refractivity contribution in [1.82, 2.24) is 9.97 Å². The summed E-state index contributed by atoms with van der Waals surface area (Å²) < 4.78 is 1.52. The molecule has 0 fully saturated rings. The van der Waals surface area contributed by atoms with E-state index in [0.717, 1.165) is 22.4 Å². The molecule has 4 rings (SSSR count). The quantitative estimate of drug-likeness (QED) is 0.259. The Morgan fingerprint density at radius 1 is 0.828 bits per heavy atom. The van der Waals surface area contributed by atoms with Crippen LogP contribution in [0.15, 0.2) is 48.5 Å². The third-order valence-corrected chi connectivity index (χ3v) is 9.81. The van der Waals surface area contributed by atoms with Crippen LogP contribution in [-0.2, 0) is 0 Å². The summed E-state index contributed by atoms with van der Waals surface area (Å²) in [7, 11) is 0. The molecule has 1 aromatic heterocycles. The molecule has 0 aliphatic rings. The molecule has 0 saturated carbocycles. The first-order chi connectivity index (χ1) is 13.6. The molecule has 4 aromatic rings. The summed E-state index contributed by atoms with van der Waals surface area (Å²) in [6.07, 6.45) is 0. The van der Waals surface area contributed by atoms with E-state index < -0.39 is 13.3 Å². The molecule has 0 N–H and O–H groups in total. The Bertz CT molecular complexity index is 1210. The Labute approximate surface area is 176 Å². The van der Waals surface area contributed by atoms with E-state index in [-0.39, 0.29) is 5.92 Å². The molecule has 0 atom stereocenters. The summed E-state index contributed by atoms with van der Waals surface area (Å²) in [4.78, 5) is 10.2. The maximum atomic E-state index is 5.13. The van der Waals surface area contributed by atoms with Crippen molar-refractivity contribution in [2.45, 2.75) is 50.9 Å². The fraction of sp³-hybridized carbons (Fsp3) is 0.308. The number of hydrogen-bond acceptors (Lipinski definition) is 2. The molecule has 0 unspecified atom stereocenters. The number of hydrogen-bond donors (Lipinski definition) is 0.